The van der Waals surface area contributed by atoms with Crippen molar-refractivity contribution >= 4 is 10.0 Å². The lowest BCUT2D eigenvalue weighted by molar-refractivity contribution is 0.550. The summed E-state index contributed by atoms with van der Waals surface area (Å²) in [4.78, 5) is 0.0374. The lowest BCUT2D eigenvalue weighted by Gasteiger charge is -2.15. The summed E-state index contributed by atoms with van der Waals surface area (Å²) in [5, 5.41) is 3.27. The molecular weight excluding hydrogens is 291 g/mol. The molecule has 2 N–H and O–H groups in total. The van der Waals surface area contributed by atoms with Crippen LogP contribution in [0.15, 0.2) is 17.0 Å². The number of hydrogen-bond donors (Lipinski definition) is 2. The van der Waals surface area contributed by atoms with Gasteiger partial charge in [0.25, 0.3) is 0 Å². The minimum Gasteiger partial charge on any atom is -0.310 e. The van der Waals surface area contributed by atoms with E-state index in [1.807, 2.05) is 6.92 Å². The number of nitrogens with one attached hydrogen (secondary N) is 2. The van der Waals surface area contributed by atoms with E-state index in [4.69, 9.17) is 0 Å². The Balaban J connectivity index is 2.27. The zero-order valence-electron chi connectivity index (χ0n) is 12.7. The Morgan fingerprint density at radius 2 is 2.05 bits per heavy atom. The predicted molar refractivity (Wildman–Crippen MR) is 81.1 cm³/mol. The van der Waals surface area contributed by atoms with Crippen LogP contribution in [0.5, 0.6) is 0 Å². The molecule has 1 unspecified atom stereocenters. The van der Waals surface area contributed by atoms with Crippen LogP contribution in [-0.2, 0) is 16.6 Å². The van der Waals surface area contributed by atoms with Crippen molar-refractivity contribution in [3.05, 3.63) is 29.1 Å². The fourth-order valence-corrected chi connectivity index (χ4v) is 3.68. The largest absolute Gasteiger partial charge is 0.310 e. The van der Waals surface area contributed by atoms with Crippen molar-refractivity contribution in [2.75, 3.05) is 0 Å². The minimum absolute atomic E-state index is 0.0374. The standard InChI is InChI=1S/C15H23FN2O2S/c1-4-10(2)18-21(19,20)15-8-12(7-14(16)11(15)3)9-17-13-5-6-13/h7-8,10,13,17-18H,4-6,9H2,1-3H3. The van der Waals surface area contributed by atoms with Gasteiger partial charge >= 0.3 is 0 Å². The van der Waals surface area contributed by atoms with Gasteiger partial charge in [-0.1, -0.05) is 6.92 Å². The molecule has 0 aromatic heterocycles. The van der Waals surface area contributed by atoms with E-state index in [0.717, 1.165) is 12.8 Å². The fraction of sp³-hybridized carbons (Fsp3) is 0.600. The molecule has 0 heterocycles. The van der Waals surface area contributed by atoms with E-state index in [0.29, 0.717) is 24.6 Å². The molecule has 0 aliphatic heterocycles. The quantitative estimate of drug-likeness (QED) is 0.813. The Morgan fingerprint density at radius 1 is 1.38 bits per heavy atom. The van der Waals surface area contributed by atoms with Crippen molar-refractivity contribution in [1.29, 1.82) is 0 Å². The Labute approximate surface area is 126 Å². The van der Waals surface area contributed by atoms with Gasteiger partial charge in [-0.25, -0.2) is 17.5 Å². The number of halogens is 1. The number of rotatable bonds is 7. The zero-order chi connectivity index (χ0) is 15.6. The van der Waals surface area contributed by atoms with Crippen molar-refractivity contribution in [3.8, 4) is 0 Å². The lowest BCUT2D eigenvalue weighted by atomic mass is 10.1. The highest BCUT2D eigenvalue weighted by Crippen LogP contribution is 2.23. The van der Waals surface area contributed by atoms with Crippen LogP contribution < -0.4 is 10.0 Å². The molecule has 0 amide bonds. The fourth-order valence-electron chi connectivity index (χ4n) is 2.05. The smallest absolute Gasteiger partial charge is 0.241 e. The molecule has 1 aliphatic carbocycles. The van der Waals surface area contributed by atoms with Gasteiger partial charge in [-0.05, 0) is 50.8 Å². The molecule has 1 aromatic carbocycles. The second kappa shape index (κ2) is 6.42. The second-order valence-electron chi connectivity index (χ2n) is 5.79. The molecule has 1 saturated carbocycles. The first-order chi connectivity index (χ1) is 9.83. The van der Waals surface area contributed by atoms with Crippen molar-refractivity contribution in [2.45, 2.75) is 63.6 Å². The number of hydrogen-bond acceptors (Lipinski definition) is 3. The SMILES string of the molecule is CCC(C)NS(=O)(=O)c1cc(CNC2CC2)cc(F)c1C. The van der Waals surface area contributed by atoms with Crippen LogP contribution in [0.4, 0.5) is 4.39 Å². The lowest BCUT2D eigenvalue weighted by Crippen LogP contribution is -2.32. The third kappa shape index (κ3) is 4.25. The Hall–Kier alpha value is -0.980. The van der Waals surface area contributed by atoms with Crippen molar-refractivity contribution in [2.24, 2.45) is 0 Å². The molecule has 0 radical (unpaired) electrons. The molecule has 21 heavy (non-hydrogen) atoms. The second-order valence-corrected chi connectivity index (χ2v) is 7.47. The summed E-state index contributed by atoms with van der Waals surface area (Å²) in [5.74, 6) is -0.477. The minimum atomic E-state index is -3.69. The van der Waals surface area contributed by atoms with Crippen molar-refractivity contribution in [1.82, 2.24) is 10.0 Å². The Bertz CT molecular complexity index is 612. The molecular formula is C15H23FN2O2S. The van der Waals surface area contributed by atoms with E-state index in [-0.39, 0.29) is 16.5 Å². The average Bonchev–Trinajstić information content (AvgIpc) is 3.23. The highest BCUT2D eigenvalue weighted by molar-refractivity contribution is 7.89. The van der Waals surface area contributed by atoms with E-state index in [9.17, 15) is 12.8 Å². The number of benzene rings is 1. The third-order valence-electron chi connectivity index (χ3n) is 3.79. The van der Waals surface area contributed by atoms with Gasteiger partial charge in [-0.15, -0.1) is 0 Å². The first kappa shape index (κ1) is 16.4. The normalized spacial score (nSPS) is 17.0. The topological polar surface area (TPSA) is 58.2 Å². The molecule has 2 rings (SSSR count). The van der Waals surface area contributed by atoms with Gasteiger partial charge in [0.1, 0.15) is 5.82 Å². The molecule has 1 aliphatic rings. The third-order valence-corrected chi connectivity index (χ3v) is 5.50. The molecule has 4 nitrogen and oxygen atoms in total. The van der Waals surface area contributed by atoms with Crippen LogP contribution in [0.25, 0.3) is 0 Å². The summed E-state index contributed by atoms with van der Waals surface area (Å²) in [7, 11) is -3.69. The molecule has 0 spiro atoms. The van der Waals surface area contributed by atoms with E-state index in [1.165, 1.54) is 13.0 Å². The summed E-state index contributed by atoms with van der Waals surface area (Å²) >= 11 is 0. The van der Waals surface area contributed by atoms with Gasteiger partial charge in [-0.2, -0.15) is 0 Å². The molecule has 1 fully saturated rings. The van der Waals surface area contributed by atoms with Crippen molar-refractivity contribution in [3.63, 3.8) is 0 Å². The maximum absolute atomic E-state index is 14.0. The van der Waals surface area contributed by atoms with Gasteiger partial charge in [0.05, 0.1) is 4.90 Å². The molecule has 6 heteroatoms. The van der Waals surface area contributed by atoms with Gasteiger partial charge in [0, 0.05) is 24.2 Å². The van der Waals surface area contributed by atoms with Crippen LogP contribution in [0.2, 0.25) is 0 Å². The van der Waals surface area contributed by atoms with E-state index < -0.39 is 15.8 Å². The molecule has 118 valence electrons. The van der Waals surface area contributed by atoms with Crippen LogP contribution in [0.3, 0.4) is 0 Å². The average molecular weight is 314 g/mol. The summed E-state index contributed by atoms with van der Waals surface area (Å²) in [6.45, 7) is 5.69. The summed E-state index contributed by atoms with van der Waals surface area (Å²) < 4.78 is 41.3. The predicted octanol–water partition coefficient (Wildman–Crippen LogP) is 2.46. The summed E-state index contributed by atoms with van der Waals surface area (Å²) in [6.07, 6.45) is 2.95. The highest BCUT2D eigenvalue weighted by Gasteiger charge is 2.23. The number of sulfonamides is 1. The van der Waals surface area contributed by atoms with Crippen LogP contribution in [0, 0.1) is 12.7 Å². The van der Waals surface area contributed by atoms with Gasteiger partial charge < -0.3 is 5.32 Å². The monoisotopic (exact) mass is 314 g/mol. The van der Waals surface area contributed by atoms with Crippen LogP contribution >= 0.6 is 0 Å². The molecule has 0 saturated heterocycles. The Morgan fingerprint density at radius 3 is 2.62 bits per heavy atom. The first-order valence-corrected chi connectivity index (χ1v) is 8.86. The van der Waals surface area contributed by atoms with Gasteiger partial charge in [0.15, 0.2) is 0 Å². The van der Waals surface area contributed by atoms with E-state index >= 15 is 0 Å². The maximum Gasteiger partial charge on any atom is 0.241 e. The maximum atomic E-state index is 14.0. The molecule has 1 atom stereocenters. The van der Waals surface area contributed by atoms with E-state index in [2.05, 4.69) is 10.0 Å². The first-order valence-electron chi connectivity index (χ1n) is 7.38. The summed E-state index contributed by atoms with van der Waals surface area (Å²) in [5.41, 5.74) is 0.829. The van der Waals surface area contributed by atoms with Crippen LogP contribution in [0.1, 0.15) is 44.2 Å². The highest BCUT2D eigenvalue weighted by atomic mass is 32.2. The van der Waals surface area contributed by atoms with Crippen LogP contribution in [-0.4, -0.2) is 20.5 Å². The van der Waals surface area contributed by atoms with E-state index in [1.54, 1.807) is 13.0 Å². The molecule has 0 bridgehead atoms. The Kier molecular flexibility index (Phi) is 5.01. The summed E-state index contributed by atoms with van der Waals surface area (Å²) in [6, 6.07) is 3.30. The zero-order valence-corrected chi connectivity index (χ0v) is 13.6. The van der Waals surface area contributed by atoms with Crippen molar-refractivity contribution < 1.29 is 12.8 Å². The van der Waals surface area contributed by atoms with Gasteiger partial charge in [0.2, 0.25) is 10.0 Å². The van der Waals surface area contributed by atoms with Gasteiger partial charge in [-0.3, -0.25) is 0 Å². The molecule has 1 aromatic rings.